The molecule has 0 aliphatic rings. The van der Waals surface area contributed by atoms with E-state index >= 15 is 0 Å². The summed E-state index contributed by atoms with van der Waals surface area (Å²) in [5, 5.41) is 8.07. The molecule has 0 N–H and O–H groups in total. The molecule has 0 radical (unpaired) electrons. The normalized spacial score (nSPS) is 11.3. The minimum absolute atomic E-state index is 0.0995. The van der Waals surface area contributed by atoms with Crippen molar-refractivity contribution >= 4 is 0 Å². The molecule has 1 atom stereocenters. The molecule has 0 fully saturated rings. The highest BCUT2D eigenvalue weighted by atomic mass is 14.6. The van der Waals surface area contributed by atoms with Gasteiger partial charge >= 0.3 is 0 Å². The smallest absolute Gasteiger partial charge is 0.230 e. The van der Waals surface area contributed by atoms with Crippen LogP contribution in [0.4, 0.5) is 0 Å². The fraction of sp³-hybridized carbons (Fsp3) is 0.600. The molecule has 0 heterocycles. The maximum Gasteiger partial charge on any atom is 0.230 e. The first-order valence-corrected chi connectivity index (χ1v) is 2.04. The van der Waals surface area contributed by atoms with Crippen molar-refractivity contribution in [2.75, 3.05) is 6.54 Å². The molecule has 2 heteroatoms. The summed E-state index contributed by atoms with van der Waals surface area (Å²) in [5.74, 6) is -0.0995. The van der Waals surface area contributed by atoms with Gasteiger partial charge in [-0.25, -0.2) is 6.57 Å². The third-order valence-electron chi connectivity index (χ3n) is 0.586. The summed E-state index contributed by atoms with van der Waals surface area (Å²) in [6.45, 7) is 8.37. The number of rotatable bonds is 1. The van der Waals surface area contributed by atoms with E-state index in [1.165, 1.54) is 0 Å². The van der Waals surface area contributed by atoms with Crippen LogP contribution in [0.5, 0.6) is 0 Å². The Morgan fingerprint density at radius 3 is 2.71 bits per heavy atom. The zero-order chi connectivity index (χ0) is 5.70. The summed E-state index contributed by atoms with van der Waals surface area (Å²) in [7, 11) is 0. The summed E-state index contributed by atoms with van der Waals surface area (Å²) in [6, 6.07) is 1.95. The maximum atomic E-state index is 8.07. The molecule has 0 amide bonds. The predicted octanol–water partition coefficient (Wildman–Crippen LogP) is 1.07. The van der Waals surface area contributed by atoms with Crippen LogP contribution in [0.15, 0.2) is 0 Å². The van der Waals surface area contributed by atoms with Crippen molar-refractivity contribution in [3.63, 3.8) is 0 Å². The Kier molecular flexibility index (Phi) is 2.72. The van der Waals surface area contributed by atoms with Gasteiger partial charge in [-0.15, -0.1) is 0 Å². The minimum atomic E-state index is -0.0995. The highest BCUT2D eigenvalue weighted by Crippen LogP contribution is 1.89. The van der Waals surface area contributed by atoms with E-state index in [4.69, 9.17) is 11.8 Å². The molecule has 0 aromatic carbocycles. The van der Waals surface area contributed by atoms with Crippen LogP contribution < -0.4 is 0 Å². The number of hydrogen-bond donors (Lipinski definition) is 0. The third kappa shape index (κ3) is 2.79. The summed E-state index contributed by atoms with van der Waals surface area (Å²) >= 11 is 0. The lowest BCUT2D eigenvalue weighted by Gasteiger charge is -1.82. The Morgan fingerprint density at radius 1 is 2.00 bits per heavy atom. The molecule has 0 spiro atoms. The highest BCUT2D eigenvalue weighted by molar-refractivity contribution is 4.84. The Balaban J connectivity index is 3.27. The molecule has 0 aliphatic heterocycles. The molecule has 0 bridgehead atoms. The molecule has 0 aromatic rings. The Labute approximate surface area is 43.2 Å². The van der Waals surface area contributed by atoms with Gasteiger partial charge in [0.25, 0.3) is 0 Å². The van der Waals surface area contributed by atoms with Gasteiger partial charge in [0.05, 0.1) is 6.07 Å². The number of hydrogen-bond acceptors (Lipinski definition) is 1. The second-order valence-electron chi connectivity index (χ2n) is 1.37. The Morgan fingerprint density at radius 2 is 2.57 bits per heavy atom. The topological polar surface area (TPSA) is 28.1 Å². The SMILES string of the molecule is [C-]#[N+]CC(C)C#N. The molecule has 1 unspecified atom stereocenters. The first kappa shape index (κ1) is 5.98. The van der Waals surface area contributed by atoms with Crippen LogP contribution >= 0.6 is 0 Å². The van der Waals surface area contributed by atoms with Crippen molar-refractivity contribution in [2.24, 2.45) is 5.92 Å². The molecule has 0 saturated heterocycles. The molecule has 0 aliphatic carbocycles. The average molecular weight is 94.1 g/mol. The lowest BCUT2D eigenvalue weighted by Crippen LogP contribution is -1.90. The van der Waals surface area contributed by atoms with Crippen LogP contribution in [-0.4, -0.2) is 6.54 Å². The van der Waals surface area contributed by atoms with E-state index in [-0.39, 0.29) is 5.92 Å². The van der Waals surface area contributed by atoms with Crippen LogP contribution in [0, 0.1) is 23.8 Å². The molecule has 0 aromatic heterocycles. The third-order valence-corrected chi connectivity index (χ3v) is 0.586. The second kappa shape index (κ2) is 3.18. The Bertz CT molecular complexity index is 115. The molecular weight excluding hydrogens is 88.1 g/mol. The van der Waals surface area contributed by atoms with Gasteiger partial charge in [0.1, 0.15) is 5.92 Å². The van der Waals surface area contributed by atoms with Gasteiger partial charge in [0, 0.05) is 0 Å². The summed E-state index contributed by atoms with van der Waals surface area (Å²) in [5.41, 5.74) is 0. The van der Waals surface area contributed by atoms with Gasteiger partial charge in [-0.2, -0.15) is 5.26 Å². The predicted molar refractivity (Wildman–Crippen MR) is 26.2 cm³/mol. The van der Waals surface area contributed by atoms with E-state index in [0.29, 0.717) is 6.54 Å². The van der Waals surface area contributed by atoms with Gasteiger partial charge in [0.2, 0.25) is 6.54 Å². The lowest BCUT2D eigenvalue weighted by atomic mass is 10.2. The van der Waals surface area contributed by atoms with Crippen LogP contribution in [0.2, 0.25) is 0 Å². The van der Waals surface area contributed by atoms with Crippen LogP contribution in [-0.2, 0) is 0 Å². The zero-order valence-corrected chi connectivity index (χ0v) is 4.18. The fourth-order valence-electron chi connectivity index (χ4n) is 0.178. The molecule has 2 nitrogen and oxygen atoms in total. The monoisotopic (exact) mass is 94.1 g/mol. The van der Waals surface area contributed by atoms with Gasteiger partial charge in [-0.1, -0.05) is 0 Å². The standard InChI is InChI=1S/C5H6N2/c1-5(3-6)4-7-2/h5H,4H2,1H3. The first-order valence-electron chi connectivity index (χ1n) is 2.04. The van der Waals surface area contributed by atoms with Crippen LogP contribution in [0.25, 0.3) is 4.85 Å². The first-order chi connectivity index (χ1) is 3.31. The van der Waals surface area contributed by atoms with E-state index < -0.39 is 0 Å². The quantitative estimate of drug-likeness (QED) is 0.446. The van der Waals surface area contributed by atoms with Crippen LogP contribution in [0.3, 0.4) is 0 Å². The Hall–Kier alpha value is -1.02. The molecule has 0 rings (SSSR count). The van der Waals surface area contributed by atoms with Crippen molar-refractivity contribution in [3.05, 3.63) is 11.4 Å². The number of nitriles is 1. The van der Waals surface area contributed by atoms with Crippen molar-refractivity contribution in [2.45, 2.75) is 6.92 Å². The lowest BCUT2D eigenvalue weighted by molar-refractivity contribution is 0.816. The van der Waals surface area contributed by atoms with E-state index in [1.54, 1.807) is 6.92 Å². The van der Waals surface area contributed by atoms with Gasteiger partial charge in [-0.3, -0.25) is 0 Å². The highest BCUT2D eigenvalue weighted by Gasteiger charge is 1.97. The molecule has 7 heavy (non-hydrogen) atoms. The van der Waals surface area contributed by atoms with E-state index in [2.05, 4.69) is 4.85 Å². The maximum absolute atomic E-state index is 8.07. The van der Waals surface area contributed by atoms with Gasteiger partial charge < -0.3 is 4.85 Å². The summed E-state index contributed by atoms with van der Waals surface area (Å²) < 4.78 is 0. The molecule has 36 valence electrons. The van der Waals surface area contributed by atoms with Crippen LogP contribution in [0.1, 0.15) is 6.92 Å². The largest absolute Gasteiger partial charge is 0.316 e. The van der Waals surface area contributed by atoms with E-state index in [1.807, 2.05) is 6.07 Å². The fourth-order valence-corrected chi connectivity index (χ4v) is 0.178. The van der Waals surface area contributed by atoms with E-state index in [9.17, 15) is 0 Å². The van der Waals surface area contributed by atoms with Crippen molar-refractivity contribution in [1.29, 1.82) is 5.26 Å². The average Bonchev–Trinajstić information content (AvgIpc) is 1.68. The van der Waals surface area contributed by atoms with E-state index in [0.717, 1.165) is 0 Å². The van der Waals surface area contributed by atoms with Crippen molar-refractivity contribution < 1.29 is 0 Å². The van der Waals surface area contributed by atoms with Gasteiger partial charge in [-0.05, 0) is 6.92 Å². The molecular formula is C5H6N2. The zero-order valence-electron chi connectivity index (χ0n) is 4.18. The van der Waals surface area contributed by atoms with Crippen molar-refractivity contribution in [3.8, 4) is 6.07 Å². The second-order valence-corrected chi connectivity index (χ2v) is 1.37. The summed E-state index contributed by atoms with van der Waals surface area (Å²) in [4.78, 5) is 3.03. The molecule has 0 saturated carbocycles. The summed E-state index contributed by atoms with van der Waals surface area (Å²) in [6.07, 6.45) is 0. The number of nitrogens with zero attached hydrogens (tertiary/aromatic N) is 2. The van der Waals surface area contributed by atoms with Gasteiger partial charge in [0.15, 0.2) is 0 Å². The van der Waals surface area contributed by atoms with Crippen molar-refractivity contribution in [1.82, 2.24) is 0 Å². The minimum Gasteiger partial charge on any atom is -0.316 e.